The van der Waals surface area contributed by atoms with Gasteiger partial charge in [0.1, 0.15) is 22.6 Å². The molecule has 2 aliphatic rings. The summed E-state index contributed by atoms with van der Waals surface area (Å²) in [6.45, 7) is 7.73. The van der Waals surface area contributed by atoms with Gasteiger partial charge in [-0.15, -0.1) is 0 Å². The van der Waals surface area contributed by atoms with Crippen LogP contribution in [0.15, 0.2) is 30.6 Å². The molecule has 1 amide bonds. The first-order valence-electron chi connectivity index (χ1n) is 12.9. The van der Waals surface area contributed by atoms with Crippen molar-refractivity contribution in [3.63, 3.8) is 0 Å². The number of nitrogens with one attached hydrogen (secondary N) is 2. The van der Waals surface area contributed by atoms with E-state index in [-0.39, 0.29) is 24.3 Å². The van der Waals surface area contributed by atoms with Crippen LogP contribution in [0.1, 0.15) is 59.3 Å². The fourth-order valence-corrected chi connectivity index (χ4v) is 4.89. The molecule has 0 unspecified atom stereocenters. The maximum Gasteiger partial charge on any atom is 0.407 e. The van der Waals surface area contributed by atoms with E-state index in [1.165, 1.54) is 0 Å². The van der Waals surface area contributed by atoms with E-state index in [0.717, 1.165) is 74.3 Å². The van der Waals surface area contributed by atoms with Crippen molar-refractivity contribution in [3.8, 4) is 17.0 Å². The summed E-state index contributed by atoms with van der Waals surface area (Å²) < 4.78 is 11.5. The molecule has 0 bridgehead atoms. The molecule has 2 N–H and O–H groups in total. The van der Waals surface area contributed by atoms with E-state index in [1.54, 1.807) is 12.4 Å². The fraction of sp³-hybridized carbons (Fsp3) is 0.593. The van der Waals surface area contributed by atoms with Gasteiger partial charge in [-0.25, -0.2) is 9.78 Å². The molecular formula is C27H38ClN5O3. The molecule has 1 saturated carbocycles. The number of nitrogens with zero attached hydrogens (tertiary/aromatic N) is 3. The number of carbonyl (C=O) groups excluding carboxylic acids is 1. The molecule has 3 heterocycles. The molecule has 1 aliphatic heterocycles. The molecule has 196 valence electrons. The van der Waals surface area contributed by atoms with Gasteiger partial charge in [-0.05, 0) is 84.5 Å². The summed E-state index contributed by atoms with van der Waals surface area (Å²) in [5.41, 5.74) is 2.14. The number of anilines is 1. The number of halogens is 1. The van der Waals surface area contributed by atoms with Crippen LogP contribution in [0.5, 0.6) is 5.75 Å². The van der Waals surface area contributed by atoms with E-state index >= 15 is 0 Å². The standard InChI is InChI=1S/C27H38ClN5O3/c1-27(2,3)36-26(34)32-19-7-5-18(6-8-19)31-24-15-25(28)30-17-22(24)23-10-9-21(16-29-23)35-20-11-13-33(4)14-12-20/h9-10,15-20H,5-8,11-14H2,1-4H3,(H,30,31)(H,32,34). The van der Waals surface area contributed by atoms with Gasteiger partial charge in [0.2, 0.25) is 0 Å². The van der Waals surface area contributed by atoms with Gasteiger partial charge in [0.25, 0.3) is 0 Å². The predicted molar refractivity (Wildman–Crippen MR) is 143 cm³/mol. The summed E-state index contributed by atoms with van der Waals surface area (Å²) >= 11 is 6.24. The first-order valence-corrected chi connectivity index (χ1v) is 13.3. The number of piperidine rings is 1. The van der Waals surface area contributed by atoms with Gasteiger partial charge in [-0.3, -0.25) is 4.98 Å². The highest BCUT2D eigenvalue weighted by Gasteiger charge is 2.25. The minimum atomic E-state index is -0.495. The molecule has 1 aliphatic carbocycles. The molecule has 2 aromatic rings. The molecule has 2 fully saturated rings. The lowest BCUT2D eigenvalue weighted by atomic mass is 9.91. The molecule has 0 spiro atoms. The van der Waals surface area contributed by atoms with Crippen LogP contribution in [-0.2, 0) is 4.74 Å². The third-order valence-electron chi connectivity index (χ3n) is 6.66. The highest BCUT2D eigenvalue weighted by molar-refractivity contribution is 6.29. The molecule has 0 radical (unpaired) electrons. The number of rotatable bonds is 6. The summed E-state index contributed by atoms with van der Waals surface area (Å²) in [4.78, 5) is 23.4. The first kappa shape index (κ1) is 26.5. The van der Waals surface area contributed by atoms with Crippen LogP contribution in [-0.4, -0.2) is 64.9 Å². The minimum Gasteiger partial charge on any atom is -0.489 e. The van der Waals surface area contributed by atoms with E-state index in [2.05, 4.69) is 32.5 Å². The van der Waals surface area contributed by atoms with E-state index in [9.17, 15) is 4.79 Å². The summed E-state index contributed by atoms with van der Waals surface area (Å²) in [7, 11) is 2.14. The zero-order valence-electron chi connectivity index (χ0n) is 21.7. The second kappa shape index (κ2) is 11.6. The van der Waals surface area contributed by atoms with Gasteiger partial charge in [-0.2, -0.15) is 0 Å². The predicted octanol–water partition coefficient (Wildman–Crippen LogP) is 5.52. The Morgan fingerprint density at radius 2 is 1.72 bits per heavy atom. The van der Waals surface area contributed by atoms with Crippen molar-refractivity contribution >= 4 is 23.4 Å². The summed E-state index contributed by atoms with van der Waals surface area (Å²) in [5, 5.41) is 7.07. The summed E-state index contributed by atoms with van der Waals surface area (Å²) in [6.07, 6.45) is 9.12. The Morgan fingerprint density at radius 1 is 1.03 bits per heavy atom. The first-order chi connectivity index (χ1) is 17.1. The van der Waals surface area contributed by atoms with Crippen LogP contribution in [0, 0.1) is 0 Å². The number of amides is 1. The summed E-state index contributed by atoms with van der Waals surface area (Å²) in [6, 6.07) is 6.20. The molecular weight excluding hydrogens is 478 g/mol. The van der Waals surface area contributed by atoms with Crippen molar-refractivity contribution < 1.29 is 14.3 Å². The SMILES string of the molecule is CN1CCC(Oc2ccc(-c3cnc(Cl)cc3NC3CCC(NC(=O)OC(C)(C)C)CC3)nc2)CC1. The highest BCUT2D eigenvalue weighted by atomic mass is 35.5. The van der Waals surface area contributed by atoms with Crippen LogP contribution in [0.3, 0.4) is 0 Å². The Hall–Kier alpha value is -2.58. The number of carbonyl (C=O) groups is 1. The van der Waals surface area contributed by atoms with Crippen LogP contribution >= 0.6 is 11.6 Å². The number of hydrogen-bond acceptors (Lipinski definition) is 7. The fourth-order valence-electron chi connectivity index (χ4n) is 4.73. The van der Waals surface area contributed by atoms with Crippen molar-refractivity contribution in [3.05, 3.63) is 35.7 Å². The molecule has 36 heavy (non-hydrogen) atoms. The highest BCUT2D eigenvalue weighted by Crippen LogP contribution is 2.32. The molecule has 0 aromatic carbocycles. The van der Waals surface area contributed by atoms with Gasteiger partial charge in [-0.1, -0.05) is 11.6 Å². The largest absolute Gasteiger partial charge is 0.489 e. The Kier molecular flexibility index (Phi) is 8.57. The van der Waals surface area contributed by atoms with Gasteiger partial charge < -0.3 is 25.0 Å². The number of hydrogen-bond donors (Lipinski definition) is 2. The van der Waals surface area contributed by atoms with Gasteiger partial charge in [0.15, 0.2) is 0 Å². The Labute approximate surface area is 219 Å². The lowest BCUT2D eigenvalue weighted by Gasteiger charge is -2.31. The number of likely N-dealkylation sites (tertiary alicyclic amines) is 1. The van der Waals surface area contributed by atoms with Gasteiger partial charge in [0, 0.05) is 42.6 Å². The van der Waals surface area contributed by atoms with Crippen molar-refractivity contribution in [1.29, 1.82) is 0 Å². The topological polar surface area (TPSA) is 88.6 Å². The summed E-state index contributed by atoms with van der Waals surface area (Å²) in [5.74, 6) is 0.792. The minimum absolute atomic E-state index is 0.122. The number of ether oxygens (including phenoxy) is 2. The number of aromatic nitrogens is 2. The van der Waals surface area contributed by atoms with Crippen molar-refractivity contribution in [1.82, 2.24) is 20.2 Å². The van der Waals surface area contributed by atoms with Crippen molar-refractivity contribution in [2.45, 2.75) is 83.1 Å². The number of pyridine rings is 2. The van der Waals surface area contributed by atoms with Crippen LogP contribution < -0.4 is 15.4 Å². The lowest BCUT2D eigenvalue weighted by molar-refractivity contribution is 0.0492. The van der Waals surface area contributed by atoms with E-state index in [0.29, 0.717) is 5.15 Å². The Bertz CT molecular complexity index is 1010. The van der Waals surface area contributed by atoms with E-state index in [1.807, 2.05) is 39.0 Å². The molecule has 2 aromatic heterocycles. The monoisotopic (exact) mass is 515 g/mol. The maximum atomic E-state index is 12.1. The van der Waals surface area contributed by atoms with Crippen molar-refractivity contribution in [2.24, 2.45) is 0 Å². The molecule has 1 saturated heterocycles. The van der Waals surface area contributed by atoms with Gasteiger partial charge >= 0.3 is 6.09 Å². The van der Waals surface area contributed by atoms with Crippen LogP contribution in [0.2, 0.25) is 5.15 Å². The van der Waals surface area contributed by atoms with Gasteiger partial charge in [0.05, 0.1) is 11.9 Å². The lowest BCUT2D eigenvalue weighted by Crippen LogP contribution is -2.42. The smallest absolute Gasteiger partial charge is 0.407 e. The Balaban J connectivity index is 1.35. The zero-order valence-corrected chi connectivity index (χ0v) is 22.5. The molecule has 9 heteroatoms. The van der Waals surface area contributed by atoms with Crippen LogP contribution in [0.25, 0.3) is 11.3 Å². The zero-order chi connectivity index (χ0) is 25.7. The molecule has 8 nitrogen and oxygen atoms in total. The average Bonchev–Trinajstić information content (AvgIpc) is 2.81. The number of alkyl carbamates (subject to hydrolysis) is 1. The average molecular weight is 516 g/mol. The molecule has 4 rings (SSSR count). The Morgan fingerprint density at radius 3 is 2.36 bits per heavy atom. The van der Waals surface area contributed by atoms with Crippen LogP contribution in [0.4, 0.5) is 10.5 Å². The second-order valence-corrected chi connectivity index (χ2v) is 11.3. The quantitative estimate of drug-likeness (QED) is 0.490. The van der Waals surface area contributed by atoms with E-state index in [4.69, 9.17) is 21.1 Å². The second-order valence-electron chi connectivity index (χ2n) is 10.9. The maximum absolute atomic E-state index is 12.1. The van der Waals surface area contributed by atoms with Crippen molar-refractivity contribution in [2.75, 3.05) is 25.5 Å². The molecule has 0 atom stereocenters. The third kappa shape index (κ3) is 7.71. The third-order valence-corrected chi connectivity index (χ3v) is 6.87. The normalized spacial score (nSPS) is 21.6. The van der Waals surface area contributed by atoms with E-state index < -0.39 is 5.60 Å².